The highest BCUT2D eigenvalue weighted by atomic mass is 16.5. The van der Waals surface area contributed by atoms with Crippen LogP contribution in [0.3, 0.4) is 0 Å². The van der Waals surface area contributed by atoms with Crippen LogP contribution in [0.1, 0.15) is 16.7 Å². The molecule has 1 aliphatic rings. The first-order chi connectivity index (χ1) is 12.6. The molecule has 4 nitrogen and oxygen atoms in total. The van der Waals surface area contributed by atoms with Gasteiger partial charge in [-0.25, -0.2) is 0 Å². The average molecular weight is 356 g/mol. The second kappa shape index (κ2) is 8.45. The van der Waals surface area contributed by atoms with Crippen molar-refractivity contribution in [2.24, 2.45) is 0 Å². The summed E-state index contributed by atoms with van der Waals surface area (Å²) in [6.07, 6.45) is 1.07. The van der Waals surface area contributed by atoms with Crippen molar-refractivity contribution in [2.45, 2.75) is 20.3 Å². The lowest BCUT2D eigenvalue weighted by atomic mass is 10.1. The lowest BCUT2D eigenvalue weighted by molar-refractivity contribution is -0.900. The summed E-state index contributed by atoms with van der Waals surface area (Å²) < 4.78 is 10.7. The van der Waals surface area contributed by atoms with Crippen molar-refractivity contribution in [1.82, 2.24) is 0 Å². The minimum Gasteiger partial charge on any atom is -0.493 e. The zero-order chi connectivity index (χ0) is 18.5. The molecule has 2 aromatic rings. The van der Waals surface area contributed by atoms with Crippen molar-refractivity contribution in [3.8, 4) is 11.5 Å². The molecule has 1 saturated heterocycles. The first-order valence-corrected chi connectivity index (χ1v) is 9.48. The average Bonchev–Trinajstić information content (AvgIpc) is 2.67. The van der Waals surface area contributed by atoms with E-state index in [0.29, 0.717) is 0 Å². The molecule has 1 fully saturated rings. The summed E-state index contributed by atoms with van der Waals surface area (Å²) in [6, 6.07) is 12.8. The van der Waals surface area contributed by atoms with Crippen LogP contribution in [-0.2, 0) is 6.42 Å². The van der Waals surface area contributed by atoms with Gasteiger partial charge in [0.2, 0.25) is 0 Å². The fourth-order valence-corrected chi connectivity index (χ4v) is 3.96. The zero-order valence-electron chi connectivity index (χ0n) is 16.5. The van der Waals surface area contributed by atoms with Crippen molar-refractivity contribution < 1.29 is 14.4 Å². The summed E-state index contributed by atoms with van der Waals surface area (Å²) in [4.78, 5) is 4.24. The van der Waals surface area contributed by atoms with Gasteiger partial charge >= 0.3 is 0 Å². The van der Waals surface area contributed by atoms with E-state index in [4.69, 9.17) is 9.47 Å². The molecule has 1 heterocycles. The second-order valence-electron chi connectivity index (χ2n) is 7.17. The van der Waals surface area contributed by atoms with Crippen molar-refractivity contribution in [3.63, 3.8) is 0 Å². The standard InChI is InChI=1S/C22H30N2O2/c1-17-6-5-7-18(2)22(17)24-14-12-23(13-15-24)11-10-19-8-9-20(25-3)21(16-19)26-4/h5-9,16H,10-15H2,1-4H3/p+1. The molecule has 2 aromatic carbocycles. The van der Waals surface area contributed by atoms with Crippen molar-refractivity contribution >= 4 is 5.69 Å². The molecule has 26 heavy (non-hydrogen) atoms. The number of benzene rings is 2. The van der Waals surface area contributed by atoms with E-state index in [-0.39, 0.29) is 0 Å². The van der Waals surface area contributed by atoms with Crippen molar-refractivity contribution in [1.29, 1.82) is 0 Å². The van der Waals surface area contributed by atoms with E-state index in [2.05, 4.69) is 49.1 Å². The molecular formula is C22H31N2O2+. The fourth-order valence-electron chi connectivity index (χ4n) is 3.96. The van der Waals surface area contributed by atoms with Gasteiger partial charge in [0, 0.05) is 12.1 Å². The molecule has 1 N–H and O–H groups in total. The summed E-state index contributed by atoms with van der Waals surface area (Å²) in [7, 11) is 3.37. The number of anilines is 1. The minimum absolute atomic E-state index is 0.797. The Balaban J connectivity index is 1.55. The Morgan fingerprint density at radius 2 is 1.58 bits per heavy atom. The number of piperazine rings is 1. The van der Waals surface area contributed by atoms with Crippen LogP contribution in [0.25, 0.3) is 0 Å². The number of rotatable bonds is 6. The van der Waals surface area contributed by atoms with Gasteiger partial charge in [-0.15, -0.1) is 0 Å². The molecule has 0 atom stereocenters. The van der Waals surface area contributed by atoms with Gasteiger partial charge in [0.15, 0.2) is 11.5 Å². The van der Waals surface area contributed by atoms with E-state index < -0.39 is 0 Å². The Morgan fingerprint density at radius 3 is 2.19 bits per heavy atom. The Morgan fingerprint density at radius 1 is 0.923 bits per heavy atom. The number of aryl methyl sites for hydroxylation is 2. The molecule has 0 amide bonds. The Kier molecular flexibility index (Phi) is 6.04. The monoisotopic (exact) mass is 355 g/mol. The molecule has 1 aliphatic heterocycles. The van der Waals surface area contributed by atoms with Crippen molar-refractivity contribution in [3.05, 3.63) is 53.1 Å². The van der Waals surface area contributed by atoms with Gasteiger partial charge in [0.05, 0.1) is 46.9 Å². The highest BCUT2D eigenvalue weighted by Gasteiger charge is 2.22. The third kappa shape index (κ3) is 4.13. The Labute approximate surface area is 157 Å². The topological polar surface area (TPSA) is 26.1 Å². The summed E-state index contributed by atoms with van der Waals surface area (Å²) in [5.74, 6) is 1.62. The summed E-state index contributed by atoms with van der Waals surface area (Å²) in [5.41, 5.74) is 5.52. The number of hydrogen-bond acceptors (Lipinski definition) is 3. The van der Waals surface area contributed by atoms with E-state index in [1.165, 1.54) is 35.5 Å². The molecule has 3 rings (SSSR count). The van der Waals surface area contributed by atoms with Crippen LogP contribution in [0.15, 0.2) is 36.4 Å². The van der Waals surface area contributed by atoms with E-state index in [1.54, 1.807) is 19.1 Å². The number of quaternary nitrogens is 1. The summed E-state index contributed by atoms with van der Waals surface area (Å²) in [5, 5.41) is 0. The fraction of sp³-hybridized carbons (Fsp3) is 0.455. The summed E-state index contributed by atoms with van der Waals surface area (Å²) >= 11 is 0. The molecule has 0 aliphatic carbocycles. The minimum atomic E-state index is 0.797. The van der Waals surface area contributed by atoms with E-state index in [9.17, 15) is 0 Å². The molecule has 4 heteroatoms. The maximum absolute atomic E-state index is 5.42. The molecule has 140 valence electrons. The first-order valence-electron chi connectivity index (χ1n) is 9.48. The van der Waals surface area contributed by atoms with Crippen LogP contribution in [0.2, 0.25) is 0 Å². The first kappa shape index (κ1) is 18.6. The maximum atomic E-state index is 5.42. The van der Waals surface area contributed by atoms with E-state index in [0.717, 1.165) is 37.6 Å². The number of para-hydroxylation sites is 1. The smallest absolute Gasteiger partial charge is 0.160 e. The molecule has 0 spiro atoms. The van der Waals surface area contributed by atoms with Gasteiger partial charge < -0.3 is 19.3 Å². The van der Waals surface area contributed by atoms with Gasteiger partial charge in [-0.2, -0.15) is 0 Å². The van der Waals surface area contributed by atoms with Gasteiger partial charge in [0.25, 0.3) is 0 Å². The van der Waals surface area contributed by atoms with Gasteiger partial charge in [-0.1, -0.05) is 24.3 Å². The molecule has 0 saturated carbocycles. The SMILES string of the molecule is COc1ccc(CC[NH+]2CCN(c3c(C)cccc3C)CC2)cc1OC. The third-order valence-electron chi connectivity index (χ3n) is 5.44. The van der Waals surface area contributed by atoms with Crippen molar-refractivity contribution in [2.75, 3.05) is 51.8 Å². The number of hydrogen-bond donors (Lipinski definition) is 1. The van der Waals surface area contributed by atoms with Crippen LogP contribution >= 0.6 is 0 Å². The highest BCUT2D eigenvalue weighted by molar-refractivity contribution is 5.59. The highest BCUT2D eigenvalue weighted by Crippen LogP contribution is 2.27. The molecule has 0 radical (unpaired) electrons. The van der Waals surface area contributed by atoms with Gasteiger partial charge in [-0.05, 0) is 42.7 Å². The summed E-state index contributed by atoms with van der Waals surface area (Å²) in [6.45, 7) is 10.3. The van der Waals surface area contributed by atoms with Crippen LogP contribution in [0.4, 0.5) is 5.69 Å². The molecular weight excluding hydrogens is 324 g/mol. The lowest BCUT2D eigenvalue weighted by Crippen LogP contribution is -3.15. The largest absolute Gasteiger partial charge is 0.493 e. The van der Waals surface area contributed by atoms with Gasteiger partial charge in [-0.3, -0.25) is 0 Å². The van der Waals surface area contributed by atoms with E-state index in [1.807, 2.05) is 6.07 Å². The second-order valence-corrected chi connectivity index (χ2v) is 7.17. The Hall–Kier alpha value is -2.20. The molecule has 0 aromatic heterocycles. The predicted molar refractivity (Wildman–Crippen MR) is 107 cm³/mol. The van der Waals surface area contributed by atoms with Crippen LogP contribution in [-0.4, -0.2) is 46.9 Å². The van der Waals surface area contributed by atoms with Crippen LogP contribution in [0.5, 0.6) is 11.5 Å². The quantitative estimate of drug-likeness (QED) is 0.861. The predicted octanol–water partition coefficient (Wildman–Crippen LogP) is 2.27. The number of methoxy groups -OCH3 is 2. The lowest BCUT2D eigenvalue weighted by Gasteiger charge is -2.35. The van der Waals surface area contributed by atoms with Crippen LogP contribution < -0.4 is 19.3 Å². The molecule has 0 unspecified atom stereocenters. The third-order valence-corrected chi connectivity index (χ3v) is 5.44. The maximum Gasteiger partial charge on any atom is 0.160 e. The molecule has 0 bridgehead atoms. The normalized spacial score (nSPS) is 15.2. The van der Waals surface area contributed by atoms with E-state index >= 15 is 0 Å². The zero-order valence-corrected chi connectivity index (χ0v) is 16.5. The van der Waals surface area contributed by atoms with Crippen LogP contribution in [0, 0.1) is 13.8 Å². The Bertz CT molecular complexity index is 717. The van der Waals surface area contributed by atoms with Gasteiger partial charge in [0.1, 0.15) is 0 Å². The number of nitrogens with zero attached hydrogens (tertiary/aromatic N) is 1. The number of ether oxygens (including phenoxy) is 2. The number of nitrogens with one attached hydrogen (secondary N) is 1.